The van der Waals surface area contributed by atoms with Crippen LogP contribution in [0.15, 0.2) is 41.4 Å². The van der Waals surface area contributed by atoms with Gasteiger partial charge in [-0.1, -0.05) is 17.7 Å². The lowest BCUT2D eigenvalue weighted by atomic mass is 10.2. The molecule has 108 valence electrons. The summed E-state index contributed by atoms with van der Waals surface area (Å²) in [5, 5.41) is 9.16. The molecule has 0 amide bonds. The second-order valence-electron chi connectivity index (χ2n) is 3.94. The summed E-state index contributed by atoms with van der Waals surface area (Å²) < 4.78 is 28.4. The van der Waals surface area contributed by atoms with Crippen molar-refractivity contribution in [3.63, 3.8) is 0 Å². The van der Waals surface area contributed by atoms with Crippen LogP contribution in [0.2, 0.25) is 5.02 Å². The first-order valence-corrected chi connectivity index (χ1v) is 8.31. The number of ether oxygens (including phenoxy) is 1. The van der Waals surface area contributed by atoms with Gasteiger partial charge in [-0.05, 0) is 24.3 Å². The normalized spacial score (nSPS) is 10.9. The molecule has 0 aliphatic carbocycles. The molecule has 1 aromatic carbocycles. The van der Waals surface area contributed by atoms with E-state index in [4.69, 9.17) is 32.3 Å². The van der Waals surface area contributed by atoms with Crippen molar-refractivity contribution in [3.05, 3.63) is 52.8 Å². The van der Waals surface area contributed by atoms with E-state index in [0.717, 1.165) is 0 Å². The molecule has 2 aromatic rings. The highest BCUT2D eigenvalue weighted by Gasteiger charge is 2.18. The predicted molar refractivity (Wildman–Crippen MR) is 77.8 cm³/mol. The number of hydrogen-bond acceptors (Lipinski definition) is 5. The van der Waals surface area contributed by atoms with Crippen molar-refractivity contribution in [1.82, 2.24) is 4.98 Å². The van der Waals surface area contributed by atoms with Crippen LogP contribution in [0.5, 0.6) is 5.75 Å². The number of nitriles is 1. The van der Waals surface area contributed by atoms with Crippen molar-refractivity contribution in [3.8, 4) is 11.8 Å². The molecule has 0 saturated carbocycles. The number of halogens is 2. The molecule has 0 fully saturated rings. The third kappa shape index (κ3) is 3.85. The molecule has 0 unspecified atom stereocenters. The van der Waals surface area contributed by atoms with Gasteiger partial charge in [-0.2, -0.15) is 5.26 Å². The Morgan fingerprint density at radius 3 is 2.76 bits per heavy atom. The number of aromatic nitrogens is 1. The molecule has 8 heteroatoms. The first-order chi connectivity index (χ1) is 9.91. The molecular weight excluding hydrogens is 335 g/mol. The van der Waals surface area contributed by atoms with Crippen LogP contribution in [0.1, 0.15) is 11.3 Å². The lowest BCUT2D eigenvalue weighted by molar-refractivity contribution is 0.297. The molecule has 0 aliphatic rings. The van der Waals surface area contributed by atoms with E-state index < -0.39 is 9.05 Å². The Balaban J connectivity index is 2.31. The van der Waals surface area contributed by atoms with E-state index in [1.165, 1.54) is 24.4 Å². The Hall–Kier alpha value is -1.81. The van der Waals surface area contributed by atoms with Gasteiger partial charge in [-0.3, -0.25) is 0 Å². The summed E-state index contributed by atoms with van der Waals surface area (Å²) in [6.45, 7) is -0.0161. The maximum Gasteiger partial charge on any atom is 0.265 e. The van der Waals surface area contributed by atoms with E-state index in [2.05, 4.69) is 4.98 Å². The first kappa shape index (κ1) is 15.6. The molecule has 1 heterocycles. The molecule has 0 spiro atoms. The van der Waals surface area contributed by atoms with Gasteiger partial charge in [0.2, 0.25) is 0 Å². The minimum atomic E-state index is -3.99. The second kappa shape index (κ2) is 6.31. The van der Waals surface area contributed by atoms with Gasteiger partial charge < -0.3 is 4.74 Å². The number of rotatable bonds is 4. The average molecular weight is 343 g/mol. The second-order valence-corrected chi connectivity index (χ2v) is 6.91. The lowest BCUT2D eigenvalue weighted by Crippen LogP contribution is -2.03. The largest absolute Gasteiger partial charge is 0.487 e. The molecule has 0 aliphatic heterocycles. The molecule has 0 bridgehead atoms. The summed E-state index contributed by atoms with van der Waals surface area (Å²) in [4.78, 5) is 3.67. The van der Waals surface area contributed by atoms with E-state index in [0.29, 0.717) is 5.56 Å². The zero-order chi connectivity index (χ0) is 15.5. The lowest BCUT2D eigenvalue weighted by Gasteiger charge is -2.10. The molecule has 0 radical (unpaired) electrons. The van der Waals surface area contributed by atoms with Gasteiger partial charge in [0.25, 0.3) is 9.05 Å². The molecular formula is C13H8Cl2N2O3S. The van der Waals surface area contributed by atoms with E-state index in [1.54, 1.807) is 12.1 Å². The number of pyridine rings is 1. The Kier molecular flexibility index (Phi) is 4.68. The summed E-state index contributed by atoms with van der Waals surface area (Å²) in [5.41, 5.74) is 0.745. The molecule has 0 saturated heterocycles. The fourth-order valence-corrected chi connectivity index (χ4v) is 2.84. The van der Waals surface area contributed by atoms with E-state index in [-0.39, 0.29) is 28.0 Å². The Morgan fingerprint density at radius 2 is 2.10 bits per heavy atom. The highest BCUT2D eigenvalue weighted by molar-refractivity contribution is 8.13. The average Bonchev–Trinajstić information content (AvgIpc) is 2.45. The molecule has 1 aromatic heterocycles. The predicted octanol–water partition coefficient (Wildman–Crippen LogP) is 3.11. The van der Waals surface area contributed by atoms with Gasteiger partial charge in [-0.25, -0.2) is 13.4 Å². The maximum absolute atomic E-state index is 11.5. The van der Waals surface area contributed by atoms with E-state index in [9.17, 15) is 8.42 Å². The van der Waals surface area contributed by atoms with Crippen LogP contribution < -0.4 is 4.74 Å². The van der Waals surface area contributed by atoms with Crippen LogP contribution in [0.25, 0.3) is 0 Å². The van der Waals surface area contributed by atoms with Crippen molar-refractivity contribution in [2.24, 2.45) is 0 Å². The zero-order valence-corrected chi connectivity index (χ0v) is 12.8. The van der Waals surface area contributed by atoms with Gasteiger partial charge in [0.1, 0.15) is 29.0 Å². The standard InChI is InChI=1S/C13H8Cl2N2O3S/c14-10-3-4-12(13(6-10)21(15,18)19)20-8-9-2-1-5-17-11(9)7-16/h1-6H,8H2. The third-order valence-electron chi connectivity index (χ3n) is 2.55. The monoisotopic (exact) mass is 342 g/mol. The topological polar surface area (TPSA) is 80.0 Å². The Labute approximate surface area is 131 Å². The summed E-state index contributed by atoms with van der Waals surface area (Å²) in [5.74, 6) is 0.0575. The number of benzene rings is 1. The van der Waals surface area contributed by atoms with Gasteiger partial charge in [-0.15, -0.1) is 0 Å². The third-order valence-corrected chi connectivity index (χ3v) is 4.13. The number of nitrogens with zero attached hydrogens (tertiary/aromatic N) is 2. The molecule has 21 heavy (non-hydrogen) atoms. The van der Waals surface area contributed by atoms with E-state index >= 15 is 0 Å². The fourth-order valence-electron chi connectivity index (χ4n) is 1.60. The quantitative estimate of drug-likeness (QED) is 0.797. The zero-order valence-electron chi connectivity index (χ0n) is 10.5. The maximum atomic E-state index is 11.5. The highest BCUT2D eigenvalue weighted by Crippen LogP contribution is 2.30. The molecule has 5 nitrogen and oxygen atoms in total. The van der Waals surface area contributed by atoms with Crippen LogP contribution in [0, 0.1) is 11.3 Å². The summed E-state index contributed by atoms with van der Waals surface area (Å²) in [7, 11) is 1.35. The fraction of sp³-hybridized carbons (Fsp3) is 0.0769. The van der Waals surface area contributed by atoms with Gasteiger partial charge >= 0.3 is 0 Å². The van der Waals surface area contributed by atoms with Crippen molar-refractivity contribution < 1.29 is 13.2 Å². The van der Waals surface area contributed by atoms with Crippen LogP contribution in [-0.2, 0) is 15.7 Å². The Morgan fingerprint density at radius 1 is 1.33 bits per heavy atom. The SMILES string of the molecule is N#Cc1ncccc1COc1ccc(Cl)cc1S(=O)(=O)Cl. The smallest absolute Gasteiger partial charge is 0.265 e. The van der Waals surface area contributed by atoms with Crippen LogP contribution in [0.3, 0.4) is 0 Å². The summed E-state index contributed by atoms with van der Waals surface area (Å²) in [6, 6.07) is 9.33. The van der Waals surface area contributed by atoms with Gasteiger partial charge in [0.05, 0.1) is 0 Å². The number of hydrogen-bond donors (Lipinski definition) is 0. The van der Waals surface area contributed by atoms with Crippen molar-refractivity contribution in [2.45, 2.75) is 11.5 Å². The Bertz CT molecular complexity index is 816. The van der Waals surface area contributed by atoms with Crippen LogP contribution in [0.4, 0.5) is 0 Å². The minimum absolute atomic E-state index is 0.0161. The van der Waals surface area contributed by atoms with Gasteiger partial charge in [0.15, 0.2) is 0 Å². The first-order valence-electron chi connectivity index (χ1n) is 5.63. The molecule has 0 N–H and O–H groups in total. The van der Waals surface area contributed by atoms with Crippen molar-refractivity contribution in [2.75, 3.05) is 0 Å². The highest BCUT2D eigenvalue weighted by atomic mass is 35.7. The van der Waals surface area contributed by atoms with Crippen molar-refractivity contribution in [1.29, 1.82) is 5.26 Å². The van der Waals surface area contributed by atoms with E-state index in [1.807, 2.05) is 6.07 Å². The van der Waals surface area contributed by atoms with Crippen molar-refractivity contribution >= 4 is 31.3 Å². The van der Waals surface area contributed by atoms with Crippen LogP contribution in [-0.4, -0.2) is 13.4 Å². The molecule has 0 atom stereocenters. The molecule has 2 rings (SSSR count). The minimum Gasteiger partial charge on any atom is -0.487 e. The summed E-state index contributed by atoms with van der Waals surface area (Å²) >= 11 is 5.76. The van der Waals surface area contributed by atoms with Gasteiger partial charge in [0, 0.05) is 27.5 Å². The van der Waals surface area contributed by atoms with Crippen LogP contribution >= 0.6 is 22.3 Å². The summed E-state index contributed by atoms with van der Waals surface area (Å²) in [6.07, 6.45) is 1.49.